The monoisotopic (exact) mass is 500 g/mol. The summed E-state index contributed by atoms with van der Waals surface area (Å²) < 4.78 is 25.7. The molecular formula is C29H44O5Si. The van der Waals surface area contributed by atoms with Crippen molar-refractivity contribution in [3.05, 3.63) is 71.8 Å². The van der Waals surface area contributed by atoms with E-state index < -0.39 is 20.7 Å². The molecule has 5 nitrogen and oxygen atoms in total. The van der Waals surface area contributed by atoms with E-state index in [0.29, 0.717) is 42.9 Å². The van der Waals surface area contributed by atoms with E-state index in [2.05, 4.69) is 53.7 Å². The van der Waals surface area contributed by atoms with Gasteiger partial charge < -0.3 is 23.7 Å². The fourth-order valence-electron chi connectivity index (χ4n) is 5.69. The summed E-state index contributed by atoms with van der Waals surface area (Å²) in [6.07, 6.45) is -1.60. The number of rotatable bonds is 12. The number of aliphatic hydroxyl groups excluding tert-OH is 1. The van der Waals surface area contributed by atoms with Crippen LogP contribution in [0.15, 0.2) is 60.7 Å². The standard InChI is InChI=1S/C29H44O5Si/c1-21(2)35(22(3)4,23(5)6)33-20-27-29(32-19-25-15-11-8-12-16-25)26(17-28(30)34-27)31-18-24-13-9-7-10-14-24/h7-16,21-23,26-30H,17-20H2,1-6H3/t26-,27-,28?,29-/m1/s1. The molecule has 3 rings (SSSR count). The van der Waals surface area contributed by atoms with Crippen LogP contribution in [0.5, 0.6) is 0 Å². The molecular weight excluding hydrogens is 456 g/mol. The summed E-state index contributed by atoms with van der Waals surface area (Å²) in [5.74, 6) is 0. The van der Waals surface area contributed by atoms with Crippen molar-refractivity contribution in [2.75, 3.05) is 6.61 Å². The molecule has 1 N–H and O–H groups in total. The molecule has 1 heterocycles. The quantitative estimate of drug-likeness (QED) is 0.339. The van der Waals surface area contributed by atoms with Crippen LogP contribution in [0, 0.1) is 0 Å². The Morgan fingerprint density at radius 2 is 1.29 bits per heavy atom. The highest BCUT2D eigenvalue weighted by atomic mass is 28.4. The van der Waals surface area contributed by atoms with E-state index in [-0.39, 0.29) is 12.2 Å². The van der Waals surface area contributed by atoms with Crippen LogP contribution in [0.25, 0.3) is 0 Å². The van der Waals surface area contributed by atoms with Crippen molar-refractivity contribution in [1.82, 2.24) is 0 Å². The van der Waals surface area contributed by atoms with Crippen LogP contribution < -0.4 is 0 Å². The van der Waals surface area contributed by atoms with Gasteiger partial charge in [-0.05, 0) is 27.8 Å². The summed E-state index contributed by atoms with van der Waals surface area (Å²) in [5.41, 5.74) is 3.57. The highest BCUT2D eigenvalue weighted by Crippen LogP contribution is 2.42. The van der Waals surface area contributed by atoms with E-state index in [1.807, 2.05) is 48.5 Å². The summed E-state index contributed by atoms with van der Waals surface area (Å²) in [6.45, 7) is 15.0. The average molecular weight is 501 g/mol. The molecule has 35 heavy (non-hydrogen) atoms. The Morgan fingerprint density at radius 1 is 0.800 bits per heavy atom. The Morgan fingerprint density at radius 3 is 1.77 bits per heavy atom. The maximum atomic E-state index is 10.6. The van der Waals surface area contributed by atoms with E-state index in [4.69, 9.17) is 18.6 Å². The summed E-state index contributed by atoms with van der Waals surface area (Å²) in [7, 11) is -2.10. The first-order valence-corrected chi connectivity index (χ1v) is 15.2. The first kappa shape index (κ1) is 28.0. The van der Waals surface area contributed by atoms with Gasteiger partial charge in [-0.15, -0.1) is 0 Å². The number of hydrogen-bond donors (Lipinski definition) is 1. The lowest BCUT2D eigenvalue weighted by Gasteiger charge is -2.45. The third-order valence-electron chi connectivity index (χ3n) is 7.30. The summed E-state index contributed by atoms with van der Waals surface area (Å²) in [4.78, 5) is 0. The van der Waals surface area contributed by atoms with Crippen molar-refractivity contribution in [2.24, 2.45) is 0 Å². The van der Waals surface area contributed by atoms with Gasteiger partial charge in [-0.2, -0.15) is 0 Å². The topological polar surface area (TPSA) is 57.2 Å². The van der Waals surface area contributed by atoms with Crippen molar-refractivity contribution in [3.8, 4) is 0 Å². The van der Waals surface area contributed by atoms with E-state index in [0.717, 1.165) is 11.1 Å². The van der Waals surface area contributed by atoms with Crippen LogP contribution in [0.4, 0.5) is 0 Å². The molecule has 0 saturated carbocycles. The second-order valence-corrected chi connectivity index (χ2v) is 16.0. The highest BCUT2D eigenvalue weighted by molar-refractivity contribution is 6.77. The van der Waals surface area contributed by atoms with Gasteiger partial charge in [-0.25, -0.2) is 0 Å². The van der Waals surface area contributed by atoms with Gasteiger partial charge >= 0.3 is 0 Å². The SMILES string of the molecule is CC(C)[Si](OC[C@H]1OC(O)C[C@@H](OCc2ccccc2)[C@H]1OCc1ccccc1)(C(C)C)C(C)C. The lowest BCUT2D eigenvalue weighted by Crippen LogP contribution is -2.55. The van der Waals surface area contributed by atoms with Crippen molar-refractivity contribution in [2.45, 2.75) is 102 Å². The van der Waals surface area contributed by atoms with Crippen LogP contribution in [-0.2, 0) is 31.9 Å². The zero-order valence-corrected chi connectivity index (χ0v) is 23.2. The third kappa shape index (κ3) is 7.25. The molecule has 0 amide bonds. The number of ether oxygens (including phenoxy) is 3. The van der Waals surface area contributed by atoms with Gasteiger partial charge in [0.25, 0.3) is 0 Å². The van der Waals surface area contributed by atoms with Gasteiger partial charge in [-0.3, -0.25) is 0 Å². The number of benzene rings is 2. The van der Waals surface area contributed by atoms with E-state index in [1.54, 1.807) is 0 Å². The molecule has 0 spiro atoms. The lowest BCUT2D eigenvalue weighted by atomic mass is 10.0. The minimum atomic E-state index is -2.10. The normalized spacial score (nSPS) is 23.4. The lowest BCUT2D eigenvalue weighted by molar-refractivity contribution is -0.261. The molecule has 1 unspecified atom stereocenters. The van der Waals surface area contributed by atoms with Crippen LogP contribution in [-0.4, -0.2) is 44.6 Å². The Labute approximate surface area is 212 Å². The maximum Gasteiger partial charge on any atom is 0.200 e. The molecule has 0 bridgehead atoms. The van der Waals surface area contributed by atoms with Gasteiger partial charge in [0.15, 0.2) is 14.6 Å². The van der Waals surface area contributed by atoms with Crippen LogP contribution in [0.2, 0.25) is 16.6 Å². The second-order valence-electron chi connectivity index (χ2n) is 10.6. The summed E-state index contributed by atoms with van der Waals surface area (Å²) in [6, 6.07) is 20.2. The first-order chi connectivity index (χ1) is 16.7. The molecule has 1 saturated heterocycles. The fraction of sp³-hybridized carbons (Fsp3) is 0.586. The average Bonchev–Trinajstić information content (AvgIpc) is 2.83. The molecule has 1 aliphatic heterocycles. The fourth-order valence-corrected chi connectivity index (χ4v) is 11.1. The second kappa shape index (κ2) is 13.1. The van der Waals surface area contributed by atoms with Gasteiger partial charge in [0.05, 0.1) is 25.9 Å². The Balaban J connectivity index is 1.79. The zero-order chi connectivity index (χ0) is 25.4. The van der Waals surface area contributed by atoms with Crippen molar-refractivity contribution in [3.63, 3.8) is 0 Å². The molecule has 6 heteroatoms. The number of aliphatic hydroxyl groups is 1. The smallest absolute Gasteiger partial charge is 0.200 e. The minimum absolute atomic E-state index is 0.301. The van der Waals surface area contributed by atoms with Crippen molar-refractivity contribution < 1.29 is 23.7 Å². The van der Waals surface area contributed by atoms with E-state index in [9.17, 15) is 5.11 Å². The van der Waals surface area contributed by atoms with Gasteiger partial charge in [0.2, 0.25) is 0 Å². The molecule has 194 valence electrons. The van der Waals surface area contributed by atoms with Crippen LogP contribution >= 0.6 is 0 Å². The van der Waals surface area contributed by atoms with Crippen LogP contribution in [0.3, 0.4) is 0 Å². The highest BCUT2D eigenvalue weighted by Gasteiger charge is 2.47. The van der Waals surface area contributed by atoms with Gasteiger partial charge in [-0.1, -0.05) is 102 Å². The predicted molar refractivity (Wildman–Crippen MR) is 143 cm³/mol. The van der Waals surface area contributed by atoms with E-state index >= 15 is 0 Å². The summed E-state index contributed by atoms with van der Waals surface area (Å²) in [5, 5.41) is 10.6. The first-order valence-electron chi connectivity index (χ1n) is 13.0. The van der Waals surface area contributed by atoms with Crippen LogP contribution in [0.1, 0.15) is 59.1 Å². The molecule has 4 atom stereocenters. The minimum Gasteiger partial charge on any atom is -0.413 e. The predicted octanol–water partition coefficient (Wildman–Crippen LogP) is 6.46. The molecule has 2 aromatic rings. The number of hydrogen-bond acceptors (Lipinski definition) is 5. The molecule has 0 radical (unpaired) electrons. The largest absolute Gasteiger partial charge is 0.413 e. The molecule has 2 aromatic carbocycles. The third-order valence-corrected chi connectivity index (χ3v) is 13.4. The Bertz CT molecular complexity index is 836. The Kier molecular flexibility index (Phi) is 10.5. The molecule has 0 aromatic heterocycles. The summed E-state index contributed by atoms with van der Waals surface area (Å²) >= 11 is 0. The molecule has 1 fully saturated rings. The Hall–Kier alpha value is -1.54. The molecule has 0 aliphatic carbocycles. The van der Waals surface area contributed by atoms with E-state index in [1.165, 1.54) is 0 Å². The zero-order valence-electron chi connectivity index (χ0n) is 22.2. The maximum absolute atomic E-state index is 10.6. The van der Waals surface area contributed by atoms with Gasteiger partial charge in [0, 0.05) is 6.42 Å². The van der Waals surface area contributed by atoms with Gasteiger partial charge in [0.1, 0.15) is 12.2 Å². The molecule has 1 aliphatic rings. The van der Waals surface area contributed by atoms with Crippen molar-refractivity contribution >= 4 is 8.32 Å². The van der Waals surface area contributed by atoms with Crippen molar-refractivity contribution in [1.29, 1.82) is 0 Å².